The third-order valence-electron chi connectivity index (χ3n) is 1.22. The average Bonchev–Trinajstić information content (AvgIpc) is 2.02. The molecule has 0 amide bonds. The number of hydrogen-bond acceptors (Lipinski definition) is 4. The molecule has 6 nitrogen and oxygen atoms in total. The highest BCUT2D eigenvalue weighted by Gasteiger charge is 2.09. The van der Waals surface area contributed by atoms with Crippen molar-refractivity contribution in [3.05, 3.63) is 24.0 Å². The van der Waals surface area contributed by atoms with Crippen molar-refractivity contribution in [3.8, 4) is 0 Å². The summed E-state index contributed by atoms with van der Waals surface area (Å²) in [6.45, 7) is 0. The van der Waals surface area contributed by atoms with Crippen LogP contribution >= 0.6 is 0 Å². The second-order valence-electron chi connectivity index (χ2n) is 2.28. The van der Waals surface area contributed by atoms with Crippen LogP contribution in [-0.4, -0.2) is 22.6 Å². The lowest BCUT2D eigenvalue weighted by Gasteiger charge is -2.01. The van der Waals surface area contributed by atoms with Crippen LogP contribution in [0.4, 0.5) is 0 Å². The number of nitrogens with two attached hydrogens (primary N) is 2. The molecule has 0 atom stereocenters. The predicted octanol–water partition coefficient (Wildman–Crippen LogP) is -0.803. The van der Waals surface area contributed by atoms with Gasteiger partial charge < -0.3 is 16.6 Å². The van der Waals surface area contributed by atoms with Crippen molar-refractivity contribution >= 4 is 17.5 Å². The van der Waals surface area contributed by atoms with Gasteiger partial charge in [-0.25, -0.2) is 0 Å². The van der Waals surface area contributed by atoms with Crippen molar-refractivity contribution in [3.63, 3.8) is 0 Å². The fourth-order valence-corrected chi connectivity index (χ4v) is 0.699. The molecule has 0 saturated heterocycles. The van der Waals surface area contributed by atoms with Gasteiger partial charge in [-0.05, 0) is 12.2 Å². The van der Waals surface area contributed by atoms with E-state index in [9.17, 15) is 4.79 Å². The molecule has 1 rings (SSSR count). The van der Waals surface area contributed by atoms with Gasteiger partial charge in [0.05, 0.1) is 0 Å². The van der Waals surface area contributed by atoms with E-state index in [0.29, 0.717) is 0 Å². The number of guanidine groups is 1. The Kier molecular flexibility index (Phi) is 2.44. The summed E-state index contributed by atoms with van der Waals surface area (Å²) < 4.78 is 0. The summed E-state index contributed by atoms with van der Waals surface area (Å²) in [7, 11) is 0. The molecule has 5 N–H and O–H groups in total. The lowest BCUT2D eigenvalue weighted by Crippen LogP contribution is -2.22. The second-order valence-corrected chi connectivity index (χ2v) is 2.28. The van der Waals surface area contributed by atoms with Gasteiger partial charge >= 0.3 is 0 Å². The van der Waals surface area contributed by atoms with E-state index in [1.54, 1.807) is 0 Å². The molecule has 1 aliphatic rings. The quantitative estimate of drug-likeness (QED) is 0.212. The molecule has 0 aromatic heterocycles. The zero-order valence-corrected chi connectivity index (χ0v) is 6.64. The average molecular weight is 180 g/mol. The molecule has 0 unspecified atom stereocenters. The lowest BCUT2D eigenvalue weighted by atomic mass is 10.1. The normalized spacial score (nSPS) is 18.6. The van der Waals surface area contributed by atoms with Crippen LogP contribution in [0, 0.1) is 0 Å². The minimum Gasteiger partial charge on any atom is -0.505 e. The Labute approximate surface area is 73.9 Å². The largest absolute Gasteiger partial charge is 0.505 e. The Morgan fingerprint density at radius 3 is 2.62 bits per heavy atom. The minimum atomic E-state index is -0.304. The molecule has 0 fully saturated rings. The number of carbonyl (C=O) groups is 1. The van der Waals surface area contributed by atoms with Gasteiger partial charge in [-0.15, -0.1) is 10.2 Å². The molecule has 0 aliphatic heterocycles. The van der Waals surface area contributed by atoms with E-state index < -0.39 is 0 Å². The van der Waals surface area contributed by atoms with E-state index in [1.807, 2.05) is 0 Å². The molecule has 0 spiro atoms. The lowest BCUT2D eigenvalue weighted by molar-refractivity contribution is -0.110. The number of ketones is 1. The summed E-state index contributed by atoms with van der Waals surface area (Å²) in [6.07, 6.45) is 3.60. The summed E-state index contributed by atoms with van der Waals surface area (Å²) in [6, 6.07) is 0. The highest BCUT2D eigenvalue weighted by Crippen LogP contribution is 2.03. The first-order chi connectivity index (χ1) is 6.09. The van der Waals surface area contributed by atoms with Gasteiger partial charge in [0, 0.05) is 6.08 Å². The van der Waals surface area contributed by atoms with Crippen molar-refractivity contribution < 1.29 is 9.90 Å². The van der Waals surface area contributed by atoms with Crippen LogP contribution in [0.15, 0.2) is 34.2 Å². The van der Waals surface area contributed by atoms with Crippen LogP contribution in [0.3, 0.4) is 0 Å². The maximum Gasteiger partial charge on any atom is 0.211 e. The number of nitrogens with zero attached hydrogens (tertiary/aromatic N) is 2. The Hall–Kier alpha value is -2.11. The van der Waals surface area contributed by atoms with Crippen LogP contribution in [0.2, 0.25) is 0 Å². The highest BCUT2D eigenvalue weighted by molar-refractivity contribution is 6.18. The molecule has 1 aliphatic carbocycles. The van der Waals surface area contributed by atoms with Gasteiger partial charge in [0.25, 0.3) is 0 Å². The van der Waals surface area contributed by atoms with Crippen molar-refractivity contribution in [2.24, 2.45) is 21.7 Å². The maximum atomic E-state index is 10.7. The van der Waals surface area contributed by atoms with Crippen molar-refractivity contribution in [1.29, 1.82) is 0 Å². The summed E-state index contributed by atoms with van der Waals surface area (Å²) in [5.74, 6) is -0.774. The van der Waals surface area contributed by atoms with Gasteiger partial charge in [-0.3, -0.25) is 4.79 Å². The predicted molar refractivity (Wildman–Crippen MR) is 48.1 cm³/mol. The molecule has 0 saturated carbocycles. The standard InChI is InChI=1S/C7H8N4O2/c8-7(9)11-10-5-2-1-4(12)3-6(5)13/h1-3,13H,(H4,8,9,11)/b10-5+. The first-order valence-corrected chi connectivity index (χ1v) is 3.39. The molecule has 0 heterocycles. The van der Waals surface area contributed by atoms with Crippen molar-refractivity contribution in [2.45, 2.75) is 0 Å². The van der Waals surface area contributed by atoms with Crippen LogP contribution in [0.5, 0.6) is 0 Å². The van der Waals surface area contributed by atoms with E-state index in [2.05, 4.69) is 10.2 Å². The molecule has 0 bridgehead atoms. The monoisotopic (exact) mass is 180 g/mol. The summed E-state index contributed by atoms with van der Waals surface area (Å²) >= 11 is 0. The van der Waals surface area contributed by atoms with E-state index in [4.69, 9.17) is 16.6 Å². The van der Waals surface area contributed by atoms with Crippen LogP contribution in [0.25, 0.3) is 0 Å². The topological polar surface area (TPSA) is 114 Å². The summed E-state index contributed by atoms with van der Waals surface area (Å²) in [4.78, 5) is 10.7. The molecule has 0 aromatic carbocycles. The van der Waals surface area contributed by atoms with Gasteiger partial charge in [-0.2, -0.15) is 0 Å². The smallest absolute Gasteiger partial charge is 0.211 e. The Morgan fingerprint density at radius 2 is 2.08 bits per heavy atom. The molecular formula is C7H8N4O2. The fraction of sp³-hybridized carbons (Fsp3) is 0. The molecular weight excluding hydrogens is 172 g/mol. The van der Waals surface area contributed by atoms with E-state index in [1.165, 1.54) is 12.2 Å². The van der Waals surface area contributed by atoms with E-state index >= 15 is 0 Å². The summed E-state index contributed by atoms with van der Waals surface area (Å²) in [5, 5.41) is 16.0. The maximum absolute atomic E-state index is 10.7. The molecule has 68 valence electrons. The third-order valence-corrected chi connectivity index (χ3v) is 1.22. The van der Waals surface area contributed by atoms with Gasteiger partial charge in [0.15, 0.2) is 5.78 Å². The number of allylic oxidation sites excluding steroid dienone is 3. The number of rotatable bonds is 1. The third kappa shape index (κ3) is 2.44. The zero-order valence-electron chi connectivity index (χ0n) is 6.64. The minimum absolute atomic E-state index is 0.146. The van der Waals surface area contributed by atoms with Crippen molar-refractivity contribution in [1.82, 2.24) is 0 Å². The highest BCUT2D eigenvalue weighted by atomic mass is 16.3. The molecule has 0 radical (unpaired) electrons. The second kappa shape index (κ2) is 3.53. The first-order valence-electron chi connectivity index (χ1n) is 3.39. The Balaban J connectivity index is 2.90. The number of carbonyl (C=O) groups excluding carboxylic acids is 1. The van der Waals surface area contributed by atoms with Crippen LogP contribution < -0.4 is 11.5 Å². The number of aliphatic hydroxyl groups excluding tert-OH is 1. The Morgan fingerprint density at radius 1 is 1.38 bits per heavy atom. The van der Waals surface area contributed by atoms with Gasteiger partial charge in [-0.1, -0.05) is 0 Å². The fourth-order valence-electron chi connectivity index (χ4n) is 0.699. The first kappa shape index (κ1) is 8.98. The van der Waals surface area contributed by atoms with Gasteiger partial charge in [0.2, 0.25) is 5.96 Å². The van der Waals surface area contributed by atoms with E-state index in [0.717, 1.165) is 6.08 Å². The molecule has 6 heteroatoms. The van der Waals surface area contributed by atoms with Crippen LogP contribution in [-0.2, 0) is 4.79 Å². The SMILES string of the molecule is NC(N)=N/N=C1\C=CC(=O)C=C1O. The van der Waals surface area contributed by atoms with Gasteiger partial charge in [0.1, 0.15) is 11.5 Å². The van der Waals surface area contributed by atoms with Crippen molar-refractivity contribution in [2.75, 3.05) is 0 Å². The Bertz CT molecular complexity index is 348. The summed E-state index contributed by atoms with van der Waals surface area (Å²) in [5.41, 5.74) is 10.2. The molecule has 13 heavy (non-hydrogen) atoms. The molecule has 0 aromatic rings. The van der Waals surface area contributed by atoms with Crippen LogP contribution in [0.1, 0.15) is 0 Å². The number of aliphatic hydroxyl groups is 1. The zero-order chi connectivity index (χ0) is 9.84. The van der Waals surface area contributed by atoms with E-state index in [-0.39, 0.29) is 23.2 Å². The number of hydrogen-bond donors (Lipinski definition) is 3.